The van der Waals surface area contributed by atoms with Crippen molar-refractivity contribution in [1.82, 2.24) is 0 Å². The number of unbranched alkanes of at least 4 members (excludes halogenated alkanes) is 59. The van der Waals surface area contributed by atoms with E-state index in [1.807, 2.05) is 0 Å². The second-order valence-corrected chi connectivity index (χ2v) is 29.1. The van der Waals surface area contributed by atoms with Gasteiger partial charge in [0.2, 0.25) is 0 Å². The summed E-state index contributed by atoms with van der Waals surface area (Å²) < 4.78 is 33.3. The minimum atomic E-state index is -4.39. The number of carbonyl (C=O) groups excluding carboxylic acids is 2. The van der Waals surface area contributed by atoms with Gasteiger partial charge in [-0.25, -0.2) is 4.57 Å². The van der Waals surface area contributed by atoms with E-state index in [0.29, 0.717) is 6.42 Å². The standard InChI is InChI=1S/C81H156NO8P/c1-3-5-7-9-11-13-15-17-19-21-23-25-27-29-31-33-35-36-37-38-39-40-41-42-44-45-47-49-51-53-55-57-59-61-63-65-67-69-71-73-80(83)87-77-79(78-89-91(85,86)88-76-75-82)90-81(84)74-72-70-68-66-64-62-60-58-56-54-52-50-48-46-43-34-32-30-28-26-24-22-20-18-16-14-12-10-8-6-4-2/h16,18,21-24,79H,3-15,17,19-20,25-78,82H2,1-2H3,(H,85,86)/b18-16-,23-21-,24-22-. The lowest BCUT2D eigenvalue weighted by molar-refractivity contribution is -0.161. The smallest absolute Gasteiger partial charge is 0.462 e. The number of esters is 2. The zero-order chi connectivity index (χ0) is 65.8. The van der Waals surface area contributed by atoms with E-state index in [-0.39, 0.29) is 38.6 Å². The van der Waals surface area contributed by atoms with Crippen molar-refractivity contribution in [2.75, 3.05) is 26.4 Å². The highest BCUT2D eigenvalue weighted by molar-refractivity contribution is 7.47. The van der Waals surface area contributed by atoms with Gasteiger partial charge in [-0.15, -0.1) is 0 Å². The molecule has 0 aromatic carbocycles. The molecule has 0 aromatic heterocycles. The average Bonchev–Trinajstić information content (AvgIpc) is 3.71. The molecule has 10 heteroatoms. The van der Waals surface area contributed by atoms with Crippen molar-refractivity contribution in [3.05, 3.63) is 36.5 Å². The lowest BCUT2D eigenvalue weighted by atomic mass is 10.0. The molecule has 0 spiro atoms. The van der Waals surface area contributed by atoms with Gasteiger partial charge in [-0.2, -0.15) is 0 Å². The number of nitrogens with two attached hydrogens (primary N) is 1. The molecular formula is C81H156NO8P. The predicted molar refractivity (Wildman–Crippen MR) is 395 cm³/mol. The van der Waals surface area contributed by atoms with E-state index >= 15 is 0 Å². The first kappa shape index (κ1) is 89.2. The van der Waals surface area contributed by atoms with Crippen molar-refractivity contribution in [3.8, 4) is 0 Å². The van der Waals surface area contributed by atoms with Crippen LogP contribution in [0.3, 0.4) is 0 Å². The van der Waals surface area contributed by atoms with E-state index in [2.05, 4.69) is 50.3 Å². The lowest BCUT2D eigenvalue weighted by Crippen LogP contribution is -2.29. The molecule has 2 unspecified atom stereocenters. The van der Waals surface area contributed by atoms with Crippen LogP contribution in [0.25, 0.3) is 0 Å². The molecule has 0 aliphatic rings. The number of hydrogen-bond acceptors (Lipinski definition) is 8. The Balaban J connectivity index is 3.73. The highest BCUT2D eigenvalue weighted by Gasteiger charge is 2.26. The Bertz CT molecular complexity index is 1590. The van der Waals surface area contributed by atoms with Crippen LogP contribution in [0.1, 0.15) is 438 Å². The Morgan fingerprint density at radius 1 is 0.330 bits per heavy atom. The van der Waals surface area contributed by atoms with Gasteiger partial charge in [0, 0.05) is 19.4 Å². The summed E-state index contributed by atoms with van der Waals surface area (Å²) in [5.74, 6) is -0.801. The first-order valence-corrected chi connectivity index (χ1v) is 42.0. The van der Waals surface area contributed by atoms with Crippen molar-refractivity contribution < 1.29 is 37.6 Å². The molecule has 9 nitrogen and oxygen atoms in total. The fourth-order valence-corrected chi connectivity index (χ4v) is 13.3. The largest absolute Gasteiger partial charge is 0.472 e. The van der Waals surface area contributed by atoms with E-state index in [9.17, 15) is 19.0 Å². The third kappa shape index (κ3) is 77.1. The molecule has 0 amide bonds. The minimum absolute atomic E-state index is 0.0565. The fourth-order valence-electron chi connectivity index (χ4n) is 12.5. The number of ether oxygens (including phenoxy) is 2. The molecule has 0 radical (unpaired) electrons. The van der Waals surface area contributed by atoms with Crippen LogP contribution in [0, 0.1) is 0 Å². The highest BCUT2D eigenvalue weighted by atomic mass is 31.2. The maximum atomic E-state index is 12.8. The Morgan fingerprint density at radius 2 is 0.571 bits per heavy atom. The van der Waals surface area contributed by atoms with Crippen molar-refractivity contribution in [1.29, 1.82) is 0 Å². The summed E-state index contributed by atoms with van der Waals surface area (Å²) in [4.78, 5) is 35.5. The molecule has 0 saturated carbocycles. The molecular weight excluding hydrogens is 1150 g/mol. The van der Waals surface area contributed by atoms with Crippen LogP contribution in [0.5, 0.6) is 0 Å². The van der Waals surface area contributed by atoms with Gasteiger partial charge in [0.1, 0.15) is 6.61 Å². The summed E-state index contributed by atoms with van der Waals surface area (Å²) in [6, 6.07) is 0. The second kappa shape index (κ2) is 77.2. The molecule has 0 rings (SSSR count). The van der Waals surface area contributed by atoms with Crippen molar-refractivity contribution in [2.24, 2.45) is 5.73 Å². The van der Waals surface area contributed by atoms with Gasteiger partial charge in [-0.3, -0.25) is 18.6 Å². The first-order chi connectivity index (χ1) is 44.8. The van der Waals surface area contributed by atoms with Gasteiger partial charge in [0.15, 0.2) is 6.10 Å². The van der Waals surface area contributed by atoms with E-state index in [1.165, 1.54) is 366 Å². The third-order valence-corrected chi connectivity index (χ3v) is 19.5. The Hall–Kier alpha value is -1.77. The zero-order valence-corrected chi connectivity index (χ0v) is 61.8. The molecule has 0 fully saturated rings. The van der Waals surface area contributed by atoms with Crippen molar-refractivity contribution in [2.45, 2.75) is 444 Å². The summed E-state index contributed by atoms with van der Waals surface area (Å²) >= 11 is 0. The topological polar surface area (TPSA) is 134 Å². The quantitative estimate of drug-likeness (QED) is 0.0264. The van der Waals surface area contributed by atoms with Crippen LogP contribution in [0.2, 0.25) is 0 Å². The molecule has 2 atom stereocenters. The van der Waals surface area contributed by atoms with Crippen molar-refractivity contribution in [3.63, 3.8) is 0 Å². The summed E-state index contributed by atoms with van der Waals surface area (Å²) in [7, 11) is -4.39. The van der Waals surface area contributed by atoms with Crippen LogP contribution in [-0.2, 0) is 32.7 Å². The molecule has 0 bridgehead atoms. The van der Waals surface area contributed by atoms with E-state index in [0.717, 1.165) is 38.5 Å². The number of phosphoric acid groups is 1. The van der Waals surface area contributed by atoms with Crippen LogP contribution in [0.15, 0.2) is 36.5 Å². The maximum Gasteiger partial charge on any atom is 0.472 e. The lowest BCUT2D eigenvalue weighted by Gasteiger charge is -2.19. The van der Waals surface area contributed by atoms with Crippen LogP contribution >= 0.6 is 7.82 Å². The van der Waals surface area contributed by atoms with E-state index in [4.69, 9.17) is 24.3 Å². The summed E-state index contributed by atoms with van der Waals surface area (Å²) in [5, 5.41) is 0. The van der Waals surface area contributed by atoms with Gasteiger partial charge in [-0.1, -0.05) is 391 Å². The number of carbonyl (C=O) groups is 2. The van der Waals surface area contributed by atoms with Crippen LogP contribution < -0.4 is 5.73 Å². The molecule has 0 saturated heterocycles. The molecule has 0 aromatic rings. The Labute approximate surface area is 566 Å². The SMILES string of the molecule is CCCCCCC/C=C\C/C=C\CCCCCCCCCCCCCCCCCCCCCC(=O)OC(COC(=O)CCCCCCCCCCCCCCCCCCCCCCCCCCCCC/C=C\CCCCCCCCCC)COP(=O)(O)OCCN. The first-order valence-electron chi connectivity index (χ1n) is 40.5. The second-order valence-electron chi connectivity index (χ2n) is 27.6. The molecule has 0 aliphatic heterocycles. The van der Waals surface area contributed by atoms with E-state index in [1.54, 1.807) is 0 Å². The summed E-state index contributed by atoms with van der Waals surface area (Å²) in [5.41, 5.74) is 5.42. The molecule has 538 valence electrons. The van der Waals surface area contributed by atoms with Crippen LogP contribution in [-0.4, -0.2) is 49.3 Å². The number of allylic oxidation sites excluding steroid dienone is 6. The van der Waals surface area contributed by atoms with Gasteiger partial charge >= 0.3 is 19.8 Å². The number of phosphoric ester groups is 1. The minimum Gasteiger partial charge on any atom is -0.462 e. The molecule has 91 heavy (non-hydrogen) atoms. The normalized spacial score (nSPS) is 13.0. The predicted octanol–water partition coefficient (Wildman–Crippen LogP) is 27.0. The van der Waals surface area contributed by atoms with Crippen molar-refractivity contribution >= 4 is 19.8 Å². The average molecular weight is 1300 g/mol. The third-order valence-electron chi connectivity index (χ3n) is 18.5. The molecule has 0 aliphatic carbocycles. The molecule has 0 heterocycles. The highest BCUT2D eigenvalue weighted by Crippen LogP contribution is 2.43. The van der Waals surface area contributed by atoms with Gasteiger partial charge in [0.05, 0.1) is 13.2 Å². The van der Waals surface area contributed by atoms with Crippen LogP contribution in [0.4, 0.5) is 0 Å². The zero-order valence-electron chi connectivity index (χ0n) is 60.9. The number of hydrogen-bond donors (Lipinski definition) is 2. The Kier molecular flexibility index (Phi) is 75.7. The van der Waals surface area contributed by atoms with Gasteiger partial charge in [-0.05, 0) is 70.6 Å². The Morgan fingerprint density at radius 3 is 0.846 bits per heavy atom. The van der Waals surface area contributed by atoms with E-state index < -0.39 is 26.5 Å². The maximum absolute atomic E-state index is 12.8. The molecule has 3 N–H and O–H groups in total. The summed E-state index contributed by atoms with van der Waals surface area (Å²) in [6.45, 7) is 3.82. The fraction of sp³-hybridized carbons (Fsp3) is 0.901. The van der Waals surface area contributed by atoms with Gasteiger partial charge < -0.3 is 20.1 Å². The summed E-state index contributed by atoms with van der Waals surface area (Å²) in [6.07, 6.45) is 98.7. The monoisotopic (exact) mass is 1300 g/mol. The number of rotatable bonds is 78. The van der Waals surface area contributed by atoms with Gasteiger partial charge in [0.25, 0.3) is 0 Å².